The Hall–Kier alpha value is -0.320. The molecule has 0 aliphatic carbocycles. The number of hydrogen-bond acceptors (Lipinski definition) is 3. The number of ether oxygens (including phenoxy) is 1. The van der Waals surface area contributed by atoms with Crippen LogP contribution in [0.1, 0.15) is 0 Å². The molecule has 48 valence electrons. The number of hydrogen-bond donors (Lipinski definition) is 0. The number of carbonyl (C=O) groups is 1. The molecule has 0 saturated heterocycles. The van der Waals surface area contributed by atoms with Crippen LogP contribution in [0.5, 0.6) is 0 Å². The van der Waals surface area contributed by atoms with Crippen molar-refractivity contribution in [3.63, 3.8) is 0 Å². The maximum atomic E-state index is 11.1. The fourth-order valence-corrected chi connectivity index (χ4v) is 0.355. The van der Waals surface area contributed by atoms with Gasteiger partial charge in [-0.15, -0.1) is 0 Å². The molecule has 0 fully saturated rings. The van der Waals surface area contributed by atoms with Crippen molar-refractivity contribution in [1.29, 1.82) is 0 Å². The maximum Gasteiger partial charge on any atom is 0.293 e. The van der Waals surface area contributed by atoms with E-state index in [0.717, 1.165) is 0 Å². The molecule has 0 unspecified atom stereocenters. The average Bonchev–Trinajstić information content (AvgIpc) is 1.66. The third kappa shape index (κ3) is 5.68. The lowest BCUT2D eigenvalue weighted by atomic mass is 11.5. The summed E-state index contributed by atoms with van der Waals surface area (Å²) in [5, 5.41) is 0. The first-order valence-electron chi connectivity index (χ1n) is 1.72. The molecule has 2 nitrogen and oxygen atoms in total. The zero-order chi connectivity index (χ0) is 6.41. The molecular formula is C3H4F2O2S. The van der Waals surface area contributed by atoms with Crippen LogP contribution in [0.15, 0.2) is 0 Å². The molecule has 0 atom stereocenters. The number of alkyl halides is 2. The van der Waals surface area contributed by atoms with Crippen molar-refractivity contribution in [2.24, 2.45) is 0 Å². The largest absolute Gasteiger partial charge is 0.457 e. The molecule has 8 heavy (non-hydrogen) atoms. The van der Waals surface area contributed by atoms with E-state index in [4.69, 9.17) is 0 Å². The molecule has 0 rings (SSSR count). The summed E-state index contributed by atoms with van der Waals surface area (Å²) in [7, 11) is 0. The molecule has 5 heteroatoms. The second kappa shape index (κ2) is 4.83. The fraction of sp³-hybridized carbons (Fsp3) is 0.667. The average molecular weight is 142 g/mol. The van der Waals surface area contributed by atoms with Crippen LogP contribution in [-0.4, -0.2) is 18.2 Å². The van der Waals surface area contributed by atoms with Gasteiger partial charge in [-0.05, 0) is 0 Å². The third-order valence-corrected chi connectivity index (χ3v) is 0.854. The second-order valence-electron chi connectivity index (χ2n) is 0.808. The monoisotopic (exact) mass is 142 g/mol. The highest BCUT2D eigenvalue weighted by atomic mass is 32.2. The van der Waals surface area contributed by atoms with Gasteiger partial charge in [0.25, 0.3) is 12.2 Å². The molecule has 0 aromatic carbocycles. The van der Waals surface area contributed by atoms with Gasteiger partial charge in [-0.3, -0.25) is 4.79 Å². The Balaban J connectivity index is 2.81. The van der Waals surface area contributed by atoms with Crippen molar-refractivity contribution in [2.75, 3.05) is 5.94 Å². The molecule has 0 radical (unpaired) electrons. The third-order valence-electron chi connectivity index (χ3n) is 0.330. The predicted octanol–water partition coefficient (Wildman–Crippen LogP) is 1.07. The van der Waals surface area contributed by atoms with Gasteiger partial charge in [0.15, 0.2) is 0 Å². The lowest BCUT2D eigenvalue weighted by Crippen LogP contribution is -1.89. The SMILES string of the molecule is O=COCSC(F)F. The van der Waals surface area contributed by atoms with E-state index < -0.39 is 5.76 Å². The molecule has 0 heterocycles. The molecule has 0 saturated carbocycles. The van der Waals surface area contributed by atoms with Crippen LogP contribution in [-0.2, 0) is 9.53 Å². The van der Waals surface area contributed by atoms with Crippen LogP contribution in [0.4, 0.5) is 8.78 Å². The van der Waals surface area contributed by atoms with Crippen molar-refractivity contribution in [1.82, 2.24) is 0 Å². The molecule has 0 amide bonds. The standard InChI is InChI=1S/C3H4F2O2S/c4-3(5)8-2-7-1-6/h1,3H,2H2. The second-order valence-corrected chi connectivity index (χ2v) is 1.73. The van der Waals surface area contributed by atoms with Crippen LogP contribution in [0.2, 0.25) is 0 Å². The summed E-state index contributed by atoms with van der Waals surface area (Å²) >= 11 is 0.269. The van der Waals surface area contributed by atoms with E-state index in [2.05, 4.69) is 4.74 Å². The van der Waals surface area contributed by atoms with Crippen molar-refractivity contribution in [3.05, 3.63) is 0 Å². The van der Waals surface area contributed by atoms with E-state index in [-0.39, 0.29) is 24.2 Å². The highest BCUT2D eigenvalue weighted by Crippen LogP contribution is 2.11. The molecule has 0 spiro atoms. The Kier molecular flexibility index (Phi) is 4.64. The topological polar surface area (TPSA) is 26.3 Å². The van der Waals surface area contributed by atoms with Gasteiger partial charge in [0.05, 0.1) is 0 Å². The normalized spacial score (nSPS) is 9.38. The Morgan fingerprint density at radius 3 is 2.75 bits per heavy atom. The van der Waals surface area contributed by atoms with Crippen LogP contribution < -0.4 is 0 Å². The van der Waals surface area contributed by atoms with Crippen LogP contribution >= 0.6 is 11.8 Å². The highest BCUT2D eigenvalue weighted by molar-refractivity contribution is 7.99. The summed E-state index contributed by atoms with van der Waals surface area (Å²) in [6.07, 6.45) is 0. The molecular weight excluding hydrogens is 138 g/mol. The zero-order valence-corrected chi connectivity index (χ0v) is 4.66. The number of thioether (sulfide) groups is 1. The summed E-state index contributed by atoms with van der Waals surface area (Å²) in [5.41, 5.74) is 0. The molecule has 0 aliphatic heterocycles. The first kappa shape index (κ1) is 7.68. The van der Waals surface area contributed by atoms with E-state index in [1.165, 1.54) is 0 Å². The molecule has 0 bridgehead atoms. The van der Waals surface area contributed by atoms with Crippen LogP contribution in [0.25, 0.3) is 0 Å². The minimum atomic E-state index is -2.46. The minimum absolute atomic E-state index is 0.134. The molecule has 0 aromatic heterocycles. The van der Waals surface area contributed by atoms with Crippen molar-refractivity contribution >= 4 is 18.2 Å². The van der Waals surface area contributed by atoms with Gasteiger partial charge in [-0.1, -0.05) is 11.8 Å². The van der Waals surface area contributed by atoms with Gasteiger partial charge in [-0.2, -0.15) is 8.78 Å². The Morgan fingerprint density at radius 2 is 2.38 bits per heavy atom. The summed E-state index contributed by atoms with van der Waals surface area (Å²) < 4.78 is 26.2. The van der Waals surface area contributed by atoms with Gasteiger partial charge < -0.3 is 4.74 Å². The Labute approximate surface area is 49.2 Å². The first-order valence-corrected chi connectivity index (χ1v) is 2.77. The first-order chi connectivity index (χ1) is 3.77. The summed E-state index contributed by atoms with van der Waals surface area (Å²) in [6, 6.07) is 0. The van der Waals surface area contributed by atoms with Gasteiger partial charge in [-0.25, -0.2) is 0 Å². The molecule has 0 aromatic rings. The van der Waals surface area contributed by atoms with Gasteiger partial charge in [0.2, 0.25) is 0 Å². The molecule has 0 aliphatic rings. The summed E-state index contributed by atoms with van der Waals surface area (Å²) in [6.45, 7) is 0.134. The summed E-state index contributed by atoms with van der Waals surface area (Å²) in [5.74, 6) is -2.74. The maximum absolute atomic E-state index is 11.1. The highest BCUT2D eigenvalue weighted by Gasteiger charge is 1.99. The van der Waals surface area contributed by atoms with Crippen molar-refractivity contribution in [3.8, 4) is 0 Å². The quantitative estimate of drug-likeness (QED) is 0.333. The lowest BCUT2D eigenvalue weighted by Gasteiger charge is -1.94. The van der Waals surface area contributed by atoms with Crippen LogP contribution in [0.3, 0.4) is 0 Å². The smallest absolute Gasteiger partial charge is 0.293 e. The predicted molar refractivity (Wildman–Crippen MR) is 25.6 cm³/mol. The number of rotatable bonds is 4. The van der Waals surface area contributed by atoms with Crippen molar-refractivity contribution < 1.29 is 18.3 Å². The Bertz CT molecular complexity index is 68.3. The molecule has 0 N–H and O–H groups in total. The van der Waals surface area contributed by atoms with Crippen molar-refractivity contribution in [2.45, 2.75) is 5.76 Å². The van der Waals surface area contributed by atoms with E-state index in [1.807, 2.05) is 0 Å². The lowest BCUT2D eigenvalue weighted by molar-refractivity contribution is -0.126. The summed E-state index contributed by atoms with van der Waals surface area (Å²) in [4.78, 5) is 9.31. The minimum Gasteiger partial charge on any atom is -0.457 e. The fourth-order valence-electron chi connectivity index (χ4n) is 0.118. The Morgan fingerprint density at radius 1 is 1.75 bits per heavy atom. The van der Waals surface area contributed by atoms with E-state index in [9.17, 15) is 13.6 Å². The number of carbonyl (C=O) groups excluding carboxylic acids is 1. The van der Waals surface area contributed by atoms with Gasteiger partial charge in [0.1, 0.15) is 5.94 Å². The van der Waals surface area contributed by atoms with Gasteiger partial charge in [0, 0.05) is 0 Å². The zero-order valence-electron chi connectivity index (χ0n) is 3.84. The van der Waals surface area contributed by atoms with E-state index >= 15 is 0 Å². The van der Waals surface area contributed by atoms with Gasteiger partial charge >= 0.3 is 0 Å². The van der Waals surface area contributed by atoms with Crippen LogP contribution in [0, 0.1) is 0 Å². The van der Waals surface area contributed by atoms with E-state index in [0.29, 0.717) is 0 Å². The number of halogens is 2. The van der Waals surface area contributed by atoms with E-state index in [1.54, 1.807) is 0 Å².